The molecule has 1 aliphatic rings. The van der Waals surface area contributed by atoms with Gasteiger partial charge in [0.1, 0.15) is 6.04 Å². The summed E-state index contributed by atoms with van der Waals surface area (Å²) in [5.41, 5.74) is 2.04. The highest BCUT2D eigenvalue weighted by Gasteiger charge is 2.51. The second-order valence-electron chi connectivity index (χ2n) is 11.5. The first-order chi connectivity index (χ1) is 15.3. The maximum absolute atomic E-state index is 13.5. The van der Waals surface area contributed by atoms with Crippen LogP contribution in [0.4, 0.5) is 0 Å². The first kappa shape index (κ1) is 27.6. The van der Waals surface area contributed by atoms with E-state index in [0.717, 1.165) is 5.56 Å². The number of carbonyl (C=O) groups excluding carboxylic acids is 2. The lowest BCUT2D eigenvalue weighted by atomic mass is 10.1. The Morgan fingerprint density at radius 3 is 2.06 bits per heavy atom. The molecule has 5 nitrogen and oxygen atoms in total. The zero-order valence-electron chi connectivity index (χ0n) is 22.3. The largest absolute Gasteiger partial charge is 0.410 e. The molecule has 2 rings (SSSR count). The molecular weight excluding hydrogens is 428 g/mol. The smallest absolute Gasteiger partial charge is 0.245 e. The highest BCUT2D eigenvalue weighted by atomic mass is 28.4. The molecule has 0 aliphatic carbocycles. The molecule has 1 N–H and O–H groups in total. The van der Waals surface area contributed by atoms with Gasteiger partial charge in [0.25, 0.3) is 0 Å². The molecule has 1 fully saturated rings. The van der Waals surface area contributed by atoms with Gasteiger partial charge in [0.15, 0.2) is 0 Å². The zero-order chi connectivity index (χ0) is 25.0. The molecule has 0 bridgehead atoms. The zero-order valence-corrected chi connectivity index (χ0v) is 23.3. The molecule has 1 aromatic carbocycles. The Kier molecular flexibility index (Phi) is 9.34. The summed E-state index contributed by atoms with van der Waals surface area (Å²) in [5, 5.41) is 3.13. The Bertz CT molecular complexity index is 765. The number of hydrogen-bond donors (Lipinski definition) is 1. The Morgan fingerprint density at radius 1 is 1.03 bits per heavy atom. The lowest BCUT2D eigenvalue weighted by Crippen LogP contribution is -2.58. The summed E-state index contributed by atoms with van der Waals surface area (Å²) in [7, 11) is -2.19. The third-order valence-corrected chi connectivity index (χ3v) is 13.1. The molecular formula is C27H46N2O3Si. The van der Waals surface area contributed by atoms with Gasteiger partial charge in [-0.05, 0) is 55.8 Å². The van der Waals surface area contributed by atoms with Crippen LogP contribution in [0.25, 0.3) is 0 Å². The molecule has 1 saturated heterocycles. The van der Waals surface area contributed by atoms with Gasteiger partial charge in [-0.3, -0.25) is 9.59 Å². The fourth-order valence-electron chi connectivity index (χ4n) is 5.63. The van der Waals surface area contributed by atoms with Gasteiger partial charge in [-0.15, -0.1) is 0 Å². The van der Waals surface area contributed by atoms with E-state index in [1.54, 1.807) is 4.90 Å². The number of rotatable bonds is 9. The van der Waals surface area contributed by atoms with Crippen LogP contribution in [0.5, 0.6) is 0 Å². The summed E-state index contributed by atoms with van der Waals surface area (Å²) in [5.74, 6) is -0.0675. The van der Waals surface area contributed by atoms with Crippen LogP contribution < -0.4 is 5.32 Å². The van der Waals surface area contributed by atoms with Crippen molar-refractivity contribution < 1.29 is 14.0 Å². The van der Waals surface area contributed by atoms with Crippen molar-refractivity contribution in [1.82, 2.24) is 10.2 Å². The van der Waals surface area contributed by atoms with Gasteiger partial charge in [0.05, 0.1) is 6.10 Å². The van der Waals surface area contributed by atoms with E-state index in [0.29, 0.717) is 42.4 Å². The number of amides is 2. The number of carbonyl (C=O) groups is 2. The number of nitrogens with zero attached hydrogens (tertiary/aromatic N) is 1. The molecule has 33 heavy (non-hydrogen) atoms. The van der Waals surface area contributed by atoms with E-state index in [-0.39, 0.29) is 23.5 Å². The molecule has 0 aromatic heterocycles. The first-order valence-corrected chi connectivity index (χ1v) is 14.8. The molecule has 0 spiro atoms. The summed E-state index contributed by atoms with van der Waals surface area (Å²) in [6.45, 7) is 20.1. The van der Waals surface area contributed by atoms with E-state index >= 15 is 0 Å². The minimum atomic E-state index is -2.19. The van der Waals surface area contributed by atoms with Crippen molar-refractivity contribution in [3.05, 3.63) is 35.9 Å². The summed E-state index contributed by atoms with van der Waals surface area (Å²) in [6, 6.07) is 9.48. The lowest BCUT2D eigenvalue weighted by molar-refractivity contribution is -0.141. The first-order valence-electron chi connectivity index (χ1n) is 12.6. The summed E-state index contributed by atoms with van der Waals surface area (Å²) >= 11 is 0. The van der Waals surface area contributed by atoms with Crippen molar-refractivity contribution in [2.45, 2.75) is 116 Å². The number of aryl methyl sites for hydroxylation is 1. The topological polar surface area (TPSA) is 58.6 Å². The summed E-state index contributed by atoms with van der Waals surface area (Å²) < 4.78 is 7.06. The molecule has 0 saturated carbocycles. The Labute approximate surface area is 202 Å². The highest BCUT2D eigenvalue weighted by molar-refractivity contribution is 6.77. The van der Waals surface area contributed by atoms with Crippen LogP contribution in [0.3, 0.4) is 0 Å². The Morgan fingerprint density at radius 2 is 1.58 bits per heavy atom. The Balaban J connectivity index is 2.30. The second kappa shape index (κ2) is 11.2. The molecule has 1 aliphatic heterocycles. The monoisotopic (exact) mass is 474 g/mol. The average molecular weight is 475 g/mol. The lowest BCUT2D eigenvalue weighted by Gasteiger charge is -2.45. The van der Waals surface area contributed by atoms with Crippen LogP contribution in [0.1, 0.15) is 80.7 Å². The highest BCUT2D eigenvalue weighted by Crippen LogP contribution is 2.44. The average Bonchev–Trinajstić information content (AvgIpc) is 3.12. The van der Waals surface area contributed by atoms with E-state index < -0.39 is 14.4 Å². The molecule has 186 valence electrons. The quantitative estimate of drug-likeness (QED) is 0.467. The van der Waals surface area contributed by atoms with Crippen molar-refractivity contribution >= 4 is 20.1 Å². The van der Waals surface area contributed by atoms with Gasteiger partial charge in [0.2, 0.25) is 20.1 Å². The fourth-order valence-corrected chi connectivity index (χ4v) is 11.2. The SMILES string of the molecule is CC(C)[Si](O[C@H]1CCN(C(=O)CCc2ccccc2)[C@@H]1C(=O)NC(C)(C)C)(C(C)C)C(C)C. The molecule has 1 aromatic rings. The van der Waals surface area contributed by atoms with E-state index in [2.05, 4.69) is 46.9 Å². The van der Waals surface area contributed by atoms with Crippen LogP contribution in [0, 0.1) is 0 Å². The van der Waals surface area contributed by atoms with Crippen LogP contribution in [-0.2, 0) is 20.4 Å². The number of hydrogen-bond acceptors (Lipinski definition) is 3. The maximum Gasteiger partial charge on any atom is 0.245 e. The molecule has 6 heteroatoms. The van der Waals surface area contributed by atoms with Gasteiger partial charge < -0.3 is 14.6 Å². The summed E-state index contributed by atoms with van der Waals surface area (Å²) in [4.78, 5) is 28.6. The third-order valence-electron chi connectivity index (χ3n) is 6.96. The van der Waals surface area contributed by atoms with E-state index in [9.17, 15) is 9.59 Å². The van der Waals surface area contributed by atoms with E-state index in [4.69, 9.17) is 4.43 Å². The van der Waals surface area contributed by atoms with Crippen molar-refractivity contribution in [3.63, 3.8) is 0 Å². The van der Waals surface area contributed by atoms with Crippen molar-refractivity contribution in [2.24, 2.45) is 0 Å². The minimum Gasteiger partial charge on any atom is -0.410 e. The van der Waals surface area contributed by atoms with Gasteiger partial charge in [-0.25, -0.2) is 0 Å². The minimum absolute atomic E-state index is 0.0323. The van der Waals surface area contributed by atoms with E-state index in [1.165, 1.54) is 0 Å². The van der Waals surface area contributed by atoms with Crippen molar-refractivity contribution in [3.8, 4) is 0 Å². The third kappa shape index (κ3) is 6.69. The normalized spacial score (nSPS) is 19.6. The van der Waals surface area contributed by atoms with Gasteiger partial charge in [-0.1, -0.05) is 71.9 Å². The van der Waals surface area contributed by atoms with Gasteiger partial charge in [-0.2, -0.15) is 0 Å². The standard InChI is InChI=1S/C27H46N2O3Si/c1-19(2)33(20(3)4,21(5)6)32-23-17-18-29(25(23)26(31)28-27(7,8)9)24(30)16-15-22-13-11-10-12-14-22/h10-14,19-21,23,25H,15-18H2,1-9H3,(H,28,31)/t23-,25-/m0/s1. The van der Waals surface area contributed by atoms with Crippen LogP contribution in [0.15, 0.2) is 30.3 Å². The Hall–Kier alpha value is -1.66. The van der Waals surface area contributed by atoms with Crippen LogP contribution in [-0.4, -0.2) is 49.3 Å². The number of likely N-dealkylation sites (tertiary alicyclic amines) is 1. The number of benzene rings is 1. The van der Waals surface area contributed by atoms with Crippen molar-refractivity contribution in [2.75, 3.05) is 6.54 Å². The number of nitrogens with one attached hydrogen (secondary N) is 1. The van der Waals surface area contributed by atoms with Gasteiger partial charge >= 0.3 is 0 Å². The predicted octanol–water partition coefficient (Wildman–Crippen LogP) is 5.70. The second-order valence-corrected chi connectivity index (χ2v) is 16.9. The van der Waals surface area contributed by atoms with Gasteiger partial charge in [0, 0.05) is 18.5 Å². The van der Waals surface area contributed by atoms with E-state index in [1.807, 2.05) is 51.1 Å². The van der Waals surface area contributed by atoms with Crippen molar-refractivity contribution in [1.29, 1.82) is 0 Å². The maximum atomic E-state index is 13.5. The molecule has 2 atom stereocenters. The molecule has 1 heterocycles. The molecule has 0 radical (unpaired) electrons. The summed E-state index contributed by atoms with van der Waals surface area (Å²) in [6.07, 6.45) is 1.53. The molecule has 2 amide bonds. The predicted molar refractivity (Wildman–Crippen MR) is 139 cm³/mol. The fraction of sp³-hybridized carbons (Fsp3) is 0.704. The van der Waals surface area contributed by atoms with Crippen LogP contribution >= 0.6 is 0 Å². The van der Waals surface area contributed by atoms with Crippen LogP contribution in [0.2, 0.25) is 16.6 Å². The molecule has 0 unspecified atom stereocenters.